The standard InChI is InChI=1S/C15H23N3S/c1-12-6-3-4-8-14(12)17-15(19)16-10-13-7-5-9-18(2)11-13/h3-4,6,8,13H,5,7,9-11H2,1-2H3,(H2,16,17,19)/t13-/m0/s1. The number of nitrogens with zero attached hydrogens (tertiary/aromatic N) is 1. The molecule has 1 heterocycles. The molecule has 104 valence electrons. The average Bonchev–Trinajstić information content (AvgIpc) is 2.39. The van der Waals surface area contributed by atoms with E-state index in [1.54, 1.807) is 0 Å². The smallest absolute Gasteiger partial charge is 0.170 e. The number of anilines is 1. The molecule has 2 rings (SSSR count). The number of para-hydroxylation sites is 1. The molecular formula is C15H23N3S. The third-order valence-electron chi connectivity index (χ3n) is 3.67. The van der Waals surface area contributed by atoms with E-state index in [9.17, 15) is 0 Å². The van der Waals surface area contributed by atoms with Crippen LogP contribution in [0, 0.1) is 12.8 Å². The highest BCUT2D eigenvalue weighted by Gasteiger charge is 2.16. The summed E-state index contributed by atoms with van der Waals surface area (Å²) in [6.45, 7) is 5.44. The summed E-state index contributed by atoms with van der Waals surface area (Å²) in [5.74, 6) is 0.704. The highest BCUT2D eigenvalue weighted by molar-refractivity contribution is 7.80. The van der Waals surface area contributed by atoms with E-state index < -0.39 is 0 Å². The van der Waals surface area contributed by atoms with E-state index in [0.29, 0.717) is 5.92 Å². The van der Waals surface area contributed by atoms with Crippen molar-refractivity contribution < 1.29 is 0 Å². The second-order valence-electron chi connectivity index (χ2n) is 5.42. The van der Waals surface area contributed by atoms with Crippen LogP contribution in [0.2, 0.25) is 0 Å². The zero-order valence-corrected chi connectivity index (χ0v) is 12.6. The van der Waals surface area contributed by atoms with E-state index in [4.69, 9.17) is 12.2 Å². The first-order valence-corrected chi connectivity index (χ1v) is 7.35. The normalized spacial score (nSPS) is 20.0. The fourth-order valence-corrected chi connectivity index (χ4v) is 2.75. The van der Waals surface area contributed by atoms with Crippen LogP contribution in [0.4, 0.5) is 5.69 Å². The van der Waals surface area contributed by atoms with Gasteiger partial charge in [-0.2, -0.15) is 0 Å². The Morgan fingerprint density at radius 2 is 2.21 bits per heavy atom. The van der Waals surface area contributed by atoms with Crippen molar-refractivity contribution in [2.75, 3.05) is 32.0 Å². The van der Waals surface area contributed by atoms with Gasteiger partial charge in [0.05, 0.1) is 0 Å². The Morgan fingerprint density at radius 3 is 2.95 bits per heavy atom. The van der Waals surface area contributed by atoms with Crippen molar-refractivity contribution in [3.05, 3.63) is 29.8 Å². The van der Waals surface area contributed by atoms with Gasteiger partial charge in [0, 0.05) is 18.8 Å². The lowest BCUT2D eigenvalue weighted by Crippen LogP contribution is -2.40. The fourth-order valence-electron chi connectivity index (χ4n) is 2.56. The topological polar surface area (TPSA) is 27.3 Å². The Morgan fingerprint density at radius 1 is 1.42 bits per heavy atom. The first kappa shape index (κ1) is 14.3. The van der Waals surface area contributed by atoms with Gasteiger partial charge in [-0.3, -0.25) is 0 Å². The van der Waals surface area contributed by atoms with Crippen LogP contribution in [0.25, 0.3) is 0 Å². The number of thiocarbonyl (C=S) groups is 1. The lowest BCUT2D eigenvalue weighted by Gasteiger charge is -2.30. The summed E-state index contributed by atoms with van der Waals surface area (Å²) in [5, 5.41) is 7.33. The van der Waals surface area contributed by atoms with Crippen LogP contribution >= 0.6 is 12.2 Å². The van der Waals surface area contributed by atoms with Crippen molar-refractivity contribution in [1.29, 1.82) is 0 Å². The minimum atomic E-state index is 0.704. The van der Waals surface area contributed by atoms with Crippen molar-refractivity contribution >= 4 is 23.0 Å². The van der Waals surface area contributed by atoms with Gasteiger partial charge in [0.25, 0.3) is 0 Å². The molecule has 1 saturated heterocycles. The van der Waals surface area contributed by atoms with Gasteiger partial charge in [-0.1, -0.05) is 18.2 Å². The van der Waals surface area contributed by atoms with Crippen LogP contribution in [0.5, 0.6) is 0 Å². The van der Waals surface area contributed by atoms with Crippen molar-refractivity contribution in [2.45, 2.75) is 19.8 Å². The molecule has 1 aromatic rings. The van der Waals surface area contributed by atoms with Crippen LogP contribution in [0.1, 0.15) is 18.4 Å². The molecule has 1 atom stereocenters. The number of hydrogen-bond donors (Lipinski definition) is 2. The van der Waals surface area contributed by atoms with E-state index in [1.807, 2.05) is 12.1 Å². The third kappa shape index (κ3) is 4.48. The van der Waals surface area contributed by atoms with E-state index in [0.717, 1.165) is 17.3 Å². The molecule has 0 unspecified atom stereocenters. The SMILES string of the molecule is Cc1ccccc1NC(=S)NC[C@@H]1CCCN(C)C1. The molecule has 0 radical (unpaired) electrons. The minimum Gasteiger partial charge on any atom is -0.362 e. The lowest BCUT2D eigenvalue weighted by molar-refractivity contribution is 0.211. The zero-order valence-electron chi connectivity index (χ0n) is 11.8. The fraction of sp³-hybridized carbons (Fsp3) is 0.533. The molecule has 0 spiro atoms. The van der Waals surface area contributed by atoms with E-state index in [-0.39, 0.29) is 0 Å². The van der Waals surface area contributed by atoms with Crippen LogP contribution < -0.4 is 10.6 Å². The quantitative estimate of drug-likeness (QED) is 0.831. The van der Waals surface area contributed by atoms with Gasteiger partial charge in [-0.25, -0.2) is 0 Å². The molecule has 2 N–H and O–H groups in total. The Hall–Kier alpha value is -1.13. The van der Waals surface area contributed by atoms with Crippen molar-refractivity contribution in [2.24, 2.45) is 5.92 Å². The van der Waals surface area contributed by atoms with Gasteiger partial charge in [-0.15, -0.1) is 0 Å². The van der Waals surface area contributed by atoms with Gasteiger partial charge in [0.15, 0.2) is 5.11 Å². The summed E-state index contributed by atoms with van der Waals surface area (Å²) < 4.78 is 0. The summed E-state index contributed by atoms with van der Waals surface area (Å²) in [7, 11) is 2.19. The number of piperidine rings is 1. The van der Waals surface area contributed by atoms with Gasteiger partial charge >= 0.3 is 0 Å². The van der Waals surface area contributed by atoms with Gasteiger partial charge in [-0.05, 0) is 63.1 Å². The van der Waals surface area contributed by atoms with Crippen LogP contribution in [-0.2, 0) is 0 Å². The number of aryl methyl sites for hydroxylation is 1. The molecular weight excluding hydrogens is 254 g/mol. The Balaban J connectivity index is 1.77. The van der Waals surface area contributed by atoms with Gasteiger partial charge in [0.1, 0.15) is 0 Å². The van der Waals surface area contributed by atoms with Gasteiger partial charge < -0.3 is 15.5 Å². The highest BCUT2D eigenvalue weighted by Crippen LogP contribution is 2.15. The van der Waals surface area contributed by atoms with E-state index in [1.165, 1.54) is 31.5 Å². The number of hydrogen-bond acceptors (Lipinski definition) is 2. The Labute approximate surface area is 121 Å². The lowest BCUT2D eigenvalue weighted by atomic mass is 9.99. The summed E-state index contributed by atoms with van der Waals surface area (Å²) in [6.07, 6.45) is 2.59. The van der Waals surface area contributed by atoms with Crippen LogP contribution in [-0.4, -0.2) is 36.7 Å². The second kappa shape index (κ2) is 6.87. The van der Waals surface area contributed by atoms with E-state index in [2.05, 4.69) is 41.6 Å². The molecule has 3 nitrogen and oxygen atoms in total. The van der Waals surface area contributed by atoms with Crippen LogP contribution in [0.3, 0.4) is 0 Å². The number of benzene rings is 1. The Bertz CT molecular complexity index is 433. The molecule has 19 heavy (non-hydrogen) atoms. The molecule has 0 amide bonds. The summed E-state index contributed by atoms with van der Waals surface area (Å²) in [6, 6.07) is 8.20. The average molecular weight is 277 g/mol. The number of likely N-dealkylation sites (tertiary alicyclic amines) is 1. The summed E-state index contributed by atoms with van der Waals surface area (Å²) in [5.41, 5.74) is 2.30. The third-order valence-corrected chi connectivity index (χ3v) is 3.91. The zero-order chi connectivity index (χ0) is 13.7. The molecule has 1 fully saturated rings. The largest absolute Gasteiger partial charge is 0.362 e. The van der Waals surface area contributed by atoms with Crippen molar-refractivity contribution in [3.8, 4) is 0 Å². The second-order valence-corrected chi connectivity index (χ2v) is 5.83. The van der Waals surface area contributed by atoms with E-state index >= 15 is 0 Å². The predicted octanol–water partition coefficient (Wildman–Crippen LogP) is 2.62. The highest BCUT2D eigenvalue weighted by atomic mass is 32.1. The molecule has 0 saturated carbocycles. The maximum atomic E-state index is 5.36. The van der Waals surface area contributed by atoms with Crippen molar-refractivity contribution in [1.82, 2.24) is 10.2 Å². The summed E-state index contributed by atoms with van der Waals surface area (Å²) in [4.78, 5) is 2.40. The first-order chi connectivity index (χ1) is 9.15. The predicted molar refractivity (Wildman–Crippen MR) is 85.6 cm³/mol. The van der Waals surface area contributed by atoms with Gasteiger partial charge in [0.2, 0.25) is 0 Å². The van der Waals surface area contributed by atoms with Crippen molar-refractivity contribution in [3.63, 3.8) is 0 Å². The molecule has 1 aliphatic heterocycles. The molecule has 0 bridgehead atoms. The Kier molecular flexibility index (Phi) is 5.16. The van der Waals surface area contributed by atoms with Crippen LogP contribution in [0.15, 0.2) is 24.3 Å². The maximum absolute atomic E-state index is 5.36. The molecule has 1 aromatic carbocycles. The number of nitrogens with one attached hydrogen (secondary N) is 2. The maximum Gasteiger partial charge on any atom is 0.170 e. The monoisotopic (exact) mass is 277 g/mol. The molecule has 0 aliphatic carbocycles. The molecule has 4 heteroatoms. The molecule has 0 aromatic heterocycles. The number of rotatable bonds is 3. The minimum absolute atomic E-state index is 0.704. The first-order valence-electron chi connectivity index (χ1n) is 6.94. The summed E-state index contributed by atoms with van der Waals surface area (Å²) >= 11 is 5.36. The molecule has 1 aliphatic rings.